The van der Waals surface area contributed by atoms with Crippen LogP contribution < -0.4 is 10.1 Å². The second-order valence-corrected chi connectivity index (χ2v) is 6.39. The molecule has 0 bridgehead atoms. The molecule has 1 N–H and O–H groups in total. The van der Waals surface area contributed by atoms with E-state index in [9.17, 15) is 14.9 Å². The van der Waals surface area contributed by atoms with Gasteiger partial charge in [0.25, 0.3) is 5.91 Å². The number of nitrogens with one attached hydrogen (secondary N) is 1. The highest BCUT2D eigenvalue weighted by molar-refractivity contribution is 5.98. The molecular weight excluding hydrogens is 384 g/mol. The number of para-hydroxylation sites is 2. The molecule has 2 aromatic carbocycles. The Kier molecular flexibility index (Phi) is 5.26. The minimum atomic E-state index is -0.642. The molecule has 0 radical (unpaired) electrons. The summed E-state index contributed by atoms with van der Waals surface area (Å²) in [4.78, 5) is 24.7. The Hall–Kier alpha value is -4.38. The minimum absolute atomic E-state index is 0.0663. The van der Waals surface area contributed by atoms with Gasteiger partial charge in [-0.2, -0.15) is 10.4 Å². The summed E-state index contributed by atoms with van der Waals surface area (Å²) in [5.74, 6) is -0.337. The summed E-state index contributed by atoms with van der Waals surface area (Å²) < 4.78 is 12.1. The number of ether oxygens (including phenoxy) is 2. The van der Waals surface area contributed by atoms with Crippen molar-refractivity contribution in [2.24, 2.45) is 0 Å². The maximum Gasteiger partial charge on any atom is 0.338 e. The van der Waals surface area contributed by atoms with E-state index >= 15 is 0 Å². The number of carbonyl (C=O) groups is 2. The van der Waals surface area contributed by atoms with Crippen molar-refractivity contribution < 1.29 is 19.1 Å². The molecule has 30 heavy (non-hydrogen) atoms. The largest absolute Gasteiger partial charge is 0.488 e. The third-order valence-electron chi connectivity index (χ3n) is 4.38. The zero-order valence-electron chi connectivity index (χ0n) is 15.7. The van der Waals surface area contributed by atoms with Crippen molar-refractivity contribution in [3.05, 3.63) is 77.5 Å². The summed E-state index contributed by atoms with van der Waals surface area (Å²) in [6.07, 6.45) is 3.04. The third-order valence-corrected chi connectivity index (χ3v) is 4.38. The van der Waals surface area contributed by atoms with Crippen LogP contribution in [-0.4, -0.2) is 34.9 Å². The van der Waals surface area contributed by atoms with Gasteiger partial charge in [0.1, 0.15) is 24.0 Å². The van der Waals surface area contributed by atoms with Crippen LogP contribution in [0.25, 0.3) is 11.8 Å². The molecule has 1 aliphatic rings. The molecule has 8 nitrogen and oxygen atoms in total. The smallest absolute Gasteiger partial charge is 0.338 e. The molecule has 8 heteroatoms. The van der Waals surface area contributed by atoms with Crippen LogP contribution in [0.4, 0.5) is 5.82 Å². The van der Waals surface area contributed by atoms with Gasteiger partial charge in [-0.25, -0.2) is 9.48 Å². The number of esters is 1. The van der Waals surface area contributed by atoms with E-state index in [1.165, 1.54) is 10.9 Å². The predicted molar refractivity (Wildman–Crippen MR) is 108 cm³/mol. The van der Waals surface area contributed by atoms with Crippen LogP contribution in [0.15, 0.2) is 66.4 Å². The van der Waals surface area contributed by atoms with E-state index in [0.717, 1.165) is 5.56 Å². The number of nitrogens with zero attached hydrogens (tertiary/aromatic N) is 3. The van der Waals surface area contributed by atoms with Crippen LogP contribution in [0.1, 0.15) is 11.1 Å². The first-order chi connectivity index (χ1) is 14.7. The van der Waals surface area contributed by atoms with Crippen LogP contribution >= 0.6 is 0 Å². The summed E-state index contributed by atoms with van der Waals surface area (Å²) in [5.41, 5.74) is 1.95. The number of hydrogen-bond donors (Lipinski definition) is 1. The topological polar surface area (TPSA) is 106 Å². The highest BCUT2D eigenvalue weighted by Gasteiger charge is 2.20. The zero-order valence-corrected chi connectivity index (χ0v) is 15.7. The Morgan fingerprint density at radius 3 is 2.73 bits per heavy atom. The lowest BCUT2D eigenvalue weighted by Gasteiger charge is -2.17. The van der Waals surface area contributed by atoms with Crippen molar-refractivity contribution in [1.82, 2.24) is 9.78 Å². The van der Waals surface area contributed by atoms with E-state index in [-0.39, 0.29) is 18.0 Å². The molecule has 0 fully saturated rings. The predicted octanol–water partition coefficient (Wildman–Crippen LogP) is 2.70. The molecule has 0 atom stereocenters. The summed E-state index contributed by atoms with van der Waals surface area (Å²) in [6.45, 7) is -0.445. The Balaban J connectivity index is 1.43. The first-order valence-corrected chi connectivity index (χ1v) is 9.08. The van der Waals surface area contributed by atoms with E-state index in [1.54, 1.807) is 18.2 Å². The van der Waals surface area contributed by atoms with Gasteiger partial charge in [0.2, 0.25) is 0 Å². The molecule has 1 aromatic heterocycles. The minimum Gasteiger partial charge on any atom is -0.488 e. The van der Waals surface area contributed by atoms with Gasteiger partial charge in [0.05, 0.1) is 17.5 Å². The molecule has 2 heterocycles. The molecular formula is C22H16N4O4. The molecule has 0 spiro atoms. The first-order valence-electron chi connectivity index (χ1n) is 9.08. The van der Waals surface area contributed by atoms with Gasteiger partial charge in [-0.15, -0.1) is 0 Å². The van der Waals surface area contributed by atoms with Gasteiger partial charge in [-0.1, -0.05) is 36.4 Å². The Morgan fingerprint density at radius 2 is 1.93 bits per heavy atom. The van der Waals surface area contributed by atoms with E-state index in [4.69, 9.17) is 9.47 Å². The van der Waals surface area contributed by atoms with Crippen molar-refractivity contribution in [2.75, 3.05) is 18.5 Å². The Bertz CT molecular complexity index is 1180. The number of benzene rings is 2. The second kappa shape index (κ2) is 8.32. The number of aromatic nitrogens is 2. The van der Waals surface area contributed by atoms with Gasteiger partial charge < -0.3 is 14.8 Å². The van der Waals surface area contributed by atoms with Crippen LogP contribution in [0, 0.1) is 11.3 Å². The molecule has 1 amide bonds. The van der Waals surface area contributed by atoms with E-state index in [0.29, 0.717) is 17.0 Å². The molecule has 0 unspecified atom stereocenters. The fraction of sp³-hybridized carbons (Fsp3) is 0.0909. The highest BCUT2D eigenvalue weighted by atomic mass is 16.5. The number of rotatable bonds is 5. The number of nitriles is 1. The number of hydrogen-bond acceptors (Lipinski definition) is 6. The van der Waals surface area contributed by atoms with Crippen molar-refractivity contribution in [3.63, 3.8) is 0 Å². The number of fused-ring (bicyclic) bond motifs is 1. The quantitative estimate of drug-likeness (QED) is 0.660. The van der Waals surface area contributed by atoms with Crippen molar-refractivity contribution in [2.45, 2.75) is 0 Å². The van der Waals surface area contributed by atoms with Gasteiger partial charge >= 0.3 is 5.97 Å². The van der Waals surface area contributed by atoms with E-state index in [1.807, 2.05) is 48.5 Å². The standard InChI is InChI=1S/C22H16N4O4/c23-11-17-12-24-26(18-7-2-1-3-8-18)21(17)25-20(27)14-30-22(28)16-10-15-6-4-5-9-19(15)29-13-16/h1-10,12H,13-14H2,(H,25,27). The summed E-state index contributed by atoms with van der Waals surface area (Å²) in [7, 11) is 0. The van der Waals surface area contributed by atoms with E-state index in [2.05, 4.69) is 10.4 Å². The van der Waals surface area contributed by atoms with Crippen molar-refractivity contribution in [1.29, 1.82) is 5.26 Å². The lowest BCUT2D eigenvalue weighted by atomic mass is 10.1. The highest BCUT2D eigenvalue weighted by Crippen LogP contribution is 2.26. The second-order valence-electron chi connectivity index (χ2n) is 6.39. The van der Waals surface area contributed by atoms with Gasteiger partial charge in [0, 0.05) is 5.56 Å². The lowest BCUT2D eigenvalue weighted by molar-refractivity contribution is -0.143. The third kappa shape index (κ3) is 3.91. The van der Waals surface area contributed by atoms with Gasteiger partial charge in [-0.3, -0.25) is 4.79 Å². The normalized spacial score (nSPS) is 12.0. The van der Waals surface area contributed by atoms with Crippen LogP contribution in [0.5, 0.6) is 5.75 Å². The van der Waals surface area contributed by atoms with Gasteiger partial charge in [-0.05, 0) is 24.3 Å². The van der Waals surface area contributed by atoms with Crippen molar-refractivity contribution in [3.8, 4) is 17.5 Å². The Morgan fingerprint density at radius 1 is 1.17 bits per heavy atom. The molecule has 148 valence electrons. The number of carbonyl (C=O) groups excluding carboxylic acids is 2. The maximum absolute atomic E-state index is 12.4. The summed E-state index contributed by atoms with van der Waals surface area (Å²) in [5, 5.41) is 16.0. The molecule has 4 rings (SSSR count). The zero-order chi connectivity index (χ0) is 20.9. The van der Waals surface area contributed by atoms with Crippen molar-refractivity contribution >= 4 is 23.8 Å². The average molecular weight is 400 g/mol. The molecule has 3 aromatic rings. The Labute approximate surface area is 172 Å². The first kappa shape index (κ1) is 19.0. The summed E-state index contributed by atoms with van der Waals surface area (Å²) in [6, 6.07) is 18.3. The van der Waals surface area contributed by atoms with Crippen LogP contribution in [0.2, 0.25) is 0 Å². The fourth-order valence-electron chi connectivity index (χ4n) is 2.94. The van der Waals surface area contributed by atoms with Crippen LogP contribution in [0.3, 0.4) is 0 Å². The number of anilines is 1. The monoisotopic (exact) mass is 400 g/mol. The molecule has 0 saturated carbocycles. The molecule has 1 aliphatic heterocycles. The average Bonchev–Trinajstić information content (AvgIpc) is 3.20. The lowest BCUT2D eigenvalue weighted by Crippen LogP contribution is -2.25. The SMILES string of the molecule is N#Cc1cnn(-c2ccccc2)c1NC(=O)COC(=O)C1=Cc2ccccc2OC1. The number of amides is 1. The van der Waals surface area contributed by atoms with E-state index < -0.39 is 18.5 Å². The van der Waals surface area contributed by atoms with Gasteiger partial charge in [0.15, 0.2) is 12.4 Å². The molecule has 0 saturated heterocycles. The fourth-order valence-corrected chi connectivity index (χ4v) is 2.94. The maximum atomic E-state index is 12.4. The van der Waals surface area contributed by atoms with Crippen LogP contribution in [-0.2, 0) is 14.3 Å². The molecule has 0 aliphatic carbocycles. The summed E-state index contributed by atoms with van der Waals surface area (Å²) >= 11 is 0.